The molecule has 0 spiro atoms. The Morgan fingerprint density at radius 2 is 2.07 bits per heavy atom. The van der Waals surface area contributed by atoms with Crippen LogP contribution < -0.4 is 10.1 Å². The minimum atomic E-state index is 0.0714. The molecule has 0 radical (unpaired) electrons. The van der Waals surface area contributed by atoms with Gasteiger partial charge in [-0.1, -0.05) is 25.4 Å². The molecule has 0 bridgehead atoms. The van der Waals surface area contributed by atoms with E-state index in [1.807, 2.05) is 6.92 Å². The molecule has 4 nitrogen and oxygen atoms in total. The van der Waals surface area contributed by atoms with Crippen LogP contribution in [0.25, 0.3) is 0 Å². The molecule has 0 aliphatic rings. The van der Waals surface area contributed by atoms with Crippen LogP contribution in [0.15, 0.2) is 6.20 Å². The Hall–Kier alpha value is -1.03. The third-order valence-corrected chi connectivity index (χ3v) is 2.43. The van der Waals surface area contributed by atoms with Crippen LogP contribution in [0.2, 0.25) is 5.02 Å². The summed E-state index contributed by atoms with van der Waals surface area (Å²) < 4.78 is 5.63. The summed E-state index contributed by atoms with van der Waals surface area (Å²) in [5, 5.41) is 3.27. The Morgan fingerprint density at radius 3 is 2.60 bits per heavy atom. The molecule has 0 aromatic carbocycles. The second kappa shape index (κ2) is 5.16. The van der Waals surface area contributed by atoms with Crippen LogP contribution >= 0.6 is 11.6 Å². The summed E-state index contributed by atoms with van der Waals surface area (Å²) in [6.45, 7) is 6.15. The van der Waals surface area contributed by atoms with E-state index in [9.17, 15) is 0 Å². The maximum Gasteiger partial charge on any atom is 0.237 e. The molecule has 1 aromatic heterocycles. The summed E-state index contributed by atoms with van der Waals surface area (Å²) in [6, 6.07) is 0. The largest absolute Gasteiger partial charge is 0.473 e. The van der Waals surface area contributed by atoms with Crippen molar-refractivity contribution in [2.75, 3.05) is 12.4 Å². The summed E-state index contributed by atoms with van der Waals surface area (Å²) in [7, 11) is 1.75. The van der Waals surface area contributed by atoms with E-state index >= 15 is 0 Å². The number of halogens is 1. The smallest absolute Gasteiger partial charge is 0.237 e. The summed E-state index contributed by atoms with van der Waals surface area (Å²) in [5.74, 6) is 1.34. The second-order valence-electron chi connectivity index (χ2n) is 3.66. The molecule has 0 aliphatic carbocycles. The monoisotopic (exact) mass is 229 g/mol. The minimum absolute atomic E-state index is 0.0714. The molecule has 0 fully saturated rings. The number of hydrogen-bond acceptors (Lipinski definition) is 4. The number of nitrogens with zero attached hydrogens (tertiary/aromatic N) is 2. The third kappa shape index (κ3) is 3.23. The Bertz CT molecular complexity index is 330. The number of aromatic nitrogens is 2. The molecule has 15 heavy (non-hydrogen) atoms. The first kappa shape index (κ1) is 12.0. The summed E-state index contributed by atoms with van der Waals surface area (Å²) in [6.07, 6.45) is 1.60. The van der Waals surface area contributed by atoms with Gasteiger partial charge in [0.15, 0.2) is 0 Å². The highest BCUT2D eigenvalue weighted by atomic mass is 35.5. The highest BCUT2D eigenvalue weighted by molar-refractivity contribution is 6.31. The highest BCUT2D eigenvalue weighted by Gasteiger charge is 2.13. The maximum absolute atomic E-state index is 5.92. The standard InChI is InChI=1S/C10H16ClN3O/c1-6(2)7(3)15-9-8(11)5-13-10(12-4)14-9/h5-7H,1-4H3,(H,12,13,14). The molecular weight excluding hydrogens is 214 g/mol. The quantitative estimate of drug-likeness (QED) is 0.862. The van der Waals surface area contributed by atoms with Gasteiger partial charge in [0.1, 0.15) is 5.02 Å². The molecule has 84 valence electrons. The lowest BCUT2D eigenvalue weighted by molar-refractivity contribution is 0.163. The predicted molar refractivity (Wildman–Crippen MR) is 61.5 cm³/mol. The fourth-order valence-electron chi connectivity index (χ4n) is 0.867. The van der Waals surface area contributed by atoms with Crippen molar-refractivity contribution in [3.8, 4) is 5.88 Å². The van der Waals surface area contributed by atoms with Gasteiger partial charge >= 0.3 is 0 Å². The van der Waals surface area contributed by atoms with Crippen molar-refractivity contribution in [1.82, 2.24) is 9.97 Å². The number of nitrogens with one attached hydrogen (secondary N) is 1. The van der Waals surface area contributed by atoms with Crippen molar-refractivity contribution in [2.24, 2.45) is 5.92 Å². The van der Waals surface area contributed by atoms with Crippen molar-refractivity contribution in [2.45, 2.75) is 26.9 Å². The average molecular weight is 230 g/mol. The Kier molecular flexibility index (Phi) is 4.15. The zero-order valence-electron chi connectivity index (χ0n) is 9.41. The molecule has 1 N–H and O–H groups in total. The normalized spacial score (nSPS) is 12.7. The minimum Gasteiger partial charge on any atom is -0.473 e. The second-order valence-corrected chi connectivity index (χ2v) is 4.07. The Labute approximate surface area is 95.0 Å². The van der Waals surface area contributed by atoms with Crippen molar-refractivity contribution in [3.63, 3.8) is 0 Å². The Morgan fingerprint density at radius 1 is 1.40 bits per heavy atom. The van der Waals surface area contributed by atoms with Crippen LogP contribution in [0.5, 0.6) is 5.88 Å². The molecule has 1 heterocycles. The molecule has 5 heteroatoms. The summed E-state index contributed by atoms with van der Waals surface area (Å²) in [5.41, 5.74) is 0. The zero-order valence-corrected chi connectivity index (χ0v) is 10.2. The first-order valence-electron chi connectivity index (χ1n) is 4.91. The van der Waals surface area contributed by atoms with Crippen molar-refractivity contribution < 1.29 is 4.74 Å². The van der Waals surface area contributed by atoms with Gasteiger partial charge in [0, 0.05) is 7.05 Å². The number of rotatable bonds is 4. The van der Waals surface area contributed by atoms with Gasteiger partial charge in [-0.2, -0.15) is 4.98 Å². The van der Waals surface area contributed by atoms with Crippen molar-refractivity contribution in [3.05, 3.63) is 11.2 Å². The van der Waals surface area contributed by atoms with E-state index in [1.165, 1.54) is 6.20 Å². The maximum atomic E-state index is 5.92. The number of ether oxygens (including phenoxy) is 1. The Balaban J connectivity index is 2.83. The molecule has 0 amide bonds. The lowest BCUT2D eigenvalue weighted by Crippen LogP contribution is -2.19. The lowest BCUT2D eigenvalue weighted by Gasteiger charge is -2.18. The van der Waals surface area contributed by atoms with Crippen LogP contribution in [0, 0.1) is 5.92 Å². The fraction of sp³-hybridized carbons (Fsp3) is 0.600. The van der Waals surface area contributed by atoms with E-state index in [0.29, 0.717) is 22.8 Å². The first-order chi connectivity index (χ1) is 7.04. The number of anilines is 1. The molecular formula is C10H16ClN3O. The van der Waals surface area contributed by atoms with Gasteiger partial charge in [0.25, 0.3) is 0 Å². The SMILES string of the molecule is CNc1ncc(Cl)c(OC(C)C(C)C)n1. The predicted octanol–water partition coefficient (Wildman–Crippen LogP) is 2.60. The fourth-order valence-corrected chi connectivity index (χ4v) is 1.00. The lowest BCUT2D eigenvalue weighted by atomic mass is 10.1. The van der Waals surface area contributed by atoms with Crippen LogP contribution in [-0.2, 0) is 0 Å². The van der Waals surface area contributed by atoms with Gasteiger partial charge in [-0.05, 0) is 12.8 Å². The summed E-state index contributed by atoms with van der Waals surface area (Å²) >= 11 is 5.92. The molecule has 1 aromatic rings. The first-order valence-corrected chi connectivity index (χ1v) is 5.29. The molecule has 0 aliphatic heterocycles. The third-order valence-electron chi connectivity index (χ3n) is 2.17. The van der Waals surface area contributed by atoms with Crippen LogP contribution in [0.3, 0.4) is 0 Å². The topological polar surface area (TPSA) is 47.0 Å². The van der Waals surface area contributed by atoms with Crippen molar-refractivity contribution >= 4 is 17.5 Å². The van der Waals surface area contributed by atoms with E-state index in [0.717, 1.165) is 0 Å². The number of hydrogen-bond donors (Lipinski definition) is 1. The van der Waals surface area contributed by atoms with Gasteiger partial charge in [0.2, 0.25) is 11.8 Å². The van der Waals surface area contributed by atoms with Crippen LogP contribution in [-0.4, -0.2) is 23.1 Å². The van der Waals surface area contributed by atoms with Gasteiger partial charge in [-0.25, -0.2) is 4.98 Å². The molecule has 0 saturated heterocycles. The van der Waals surface area contributed by atoms with Crippen molar-refractivity contribution in [1.29, 1.82) is 0 Å². The average Bonchev–Trinajstić information content (AvgIpc) is 2.21. The molecule has 1 rings (SSSR count). The molecule has 1 unspecified atom stereocenters. The van der Waals surface area contributed by atoms with E-state index in [1.54, 1.807) is 7.05 Å². The molecule has 0 saturated carbocycles. The highest BCUT2D eigenvalue weighted by Crippen LogP contribution is 2.24. The van der Waals surface area contributed by atoms with Gasteiger partial charge < -0.3 is 10.1 Å². The van der Waals surface area contributed by atoms with E-state index < -0.39 is 0 Å². The van der Waals surface area contributed by atoms with E-state index in [4.69, 9.17) is 16.3 Å². The van der Waals surface area contributed by atoms with Crippen LogP contribution in [0.1, 0.15) is 20.8 Å². The zero-order chi connectivity index (χ0) is 11.4. The van der Waals surface area contributed by atoms with E-state index in [-0.39, 0.29) is 6.10 Å². The summed E-state index contributed by atoms with van der Waals surface area (Å²) in [4.78, 5) is 8.11. The molecule has 1 atom stereocenters. The van der Waals surface area contributed by atoms with Gasteiger partial charge in [0.05, 0.1) is 12.3 Å². The van der Waals surface area contributed by atoms with Gasteiger partial charge in [-0.3, -0.25) is 0 Å². The van der Waals surface area contributed by atoms with Gasteiger partial charge in [-0.15, -0.1) is 0 Å². The van der Waals surface area contributed by atoms with Crippen LogP contribution in [0.4, 0.5) is 5.95 Å². The van der Waals surface area contributed by atoms with E-state index in [2.05, 4.69) is 29.1 Å².